The van der Waals surface area contributed by atoms with E-state index in [9.17, 15) is 29.0 Å². The lowest BCUT2D eigenvalue weighted by atomic mass is 9.85. The second-order valence-corrected chi connectivity index (χ2v) is 16.5. The highest BCUT2D eigenvalue weighted by molar-refractivity contribution is 7.13. The lowest BCUT2D eigenvalue weighted by Gasteiger charge is -2.36. The van der Waals surface area contributed by atoms with Gasteiger partial charge in [0.25, 0.3) is 0 Å². The molecule has 0 radical (unpaired) electrons. The number of phenols is 1. The van der Waals surface area contributed by atoms with Crippen LogP contribution in [0.3, 0.4) is 0 Å². The van der Waals surface area contributed by atoms with E-state index in [1.165, 1.54) is 11.0 Å². The number of benzene rings is 2. The van der Waals surface area contributed by atoms with Crippen molar-refractivity contribution in [3.8, 4) is 27.4 Å². The molecule has 292 valence electrons. The molecule has 15 heteroatoms. The molecule has 4 heterocycles. The van der Waals surface area contributed by atoms with Crippen molar-refractivity contribution in [2.75, 3.05) is 30.3 Å². The van der Waals surface area contributed by atoms with Crippen molar-refractivity contribution >= 4 is 40.6 Å². The zero-order valence-electron chi connectivity index (χ0n) is 31.8. The molecule has 0 spiro atoms. The zero-order chi connectivity index (χ0) is 39.6. The number of β-amino-alcohol motifs (C(OH)–C–C–N with tert-alkyl or cyclic N) is 1. The summed E-state index contributed by atoms with van der Waals surface area (Å²) in [5.74, 6) is -2.09. The van der Waals surface area contributed by atoms with Crippen molar-refractivity contribution in [1.29, 1.82) is 0 Å². The minimum Gasteiger partial charge on any atom is -0.504 e. The van der Waals surface area contributed by atoms with Gasteiger partial charge in [0.15, 0.2) is 17.4 Å². The first-order valence-corrected chi connectivity index (χ1v) is 19.4. The Hall–Kier alpha value is -5.15. The Kier molecular flexibility index (Phi) is 11.7. The molecule has 2 aliphatic heterocycles. The number of aliphatic hydroxyl groups is 1. The molecular weight excluding hydrogens is 724 g/mol. The predicted octanol–water partition coefficient (Wildman–Crippen LogP) is 4.98. The Morgan fingerprint density at radius 2 is 1.78 bits per heavy atom. The van der Waals surface area contributed by atoms with Gasteiger partial charge in [0.1, 0.15) is 12.1 Å². The normalized spacial score (nSPS) is 18.9. The Morgan fingerprint density at radius 1 is 1.07 bits per heavy atom. The number of phenolic OH excluding ortho intramolecular Hbond substituents is 1. The number of hydrogen-bond acceptors (Lipinski definition) is 11. The number of thiazole rings is 1. The number of piperidine rings is 1. The lowest BCUT2D eigenvalue weighted by molar-refractivity contribution is -0.144. The van der Waals surface area contributed by atoms with Crippen LogP contribution >= 0.6 is 11.3 Å². The van der Waals surface area contributed by atoms with Crippen molar-refractivity contribution in [3.63, 3.8) is 0 Å². The quantitative estimate of drug-likeness (QED) is 0.147. The Bertz CT molecular complexity index is 2030. The van der Waals surface area contributed by atoms with Crippen molar-refractivity contribution in [1.82, 2.24) is 30.7 Å². The number of amides is 3. The van der Waals surface area contributed by atoms with Gasteiger partial charge in [0.05, 0.1) is 39.6 Å². The number of likely N-dealkylation sites (tertiary alicyclic amines) is 1. The Balaban J connectivity index is 1.06. The number of nitrogen functional groups attached to an aromatic ring is 1. The van der Waals surface area contributed by atoms with Gasteiger partial charge in [0, 0.05) is 38.0 Å². The number of halogens is 1. The molecule has 3 amide bonds. The summed E-state index contributed by atoms with van der Waals surface area (Å²) < 4.78 is 14.0. The van der Waals surface area contributed by atoms with Gasteiger partial charge in [-0.05, 0) is 67.3 Å². The first kappa shape index (κ1) is 39.5. The van der Waals surface area contributed by atoms with Crippen LogP contribution in [0.1, 0.15) is 70.7 Å². The molecule has 6 N–H and O–H groups in total. The fourth-order valence-corrected chi connectivity index (χ4v) is 8.19. The first-order chi connectivity index (χ1) is 26.1. The Labute approximate surface area is 324 Å². The summed E-state index contributed by atoms with van der Waals surface area (Å²) in [5, 5.41) is 35.0. The van der Waals surface area contributed by atoms with Crippen LogP contribution in [0.25, 0.3) is 21.7 Å². The van der Waals surface area contributed by atoms with E-state index in [1.54, 1.807) is 23.5 Å². The van der Waals surface area contributed by atoms with Gasteiger partial charge in [-0.2, -0.15) is 0 Å². The molecule has 0 unspecified atom stereocenters. The molecule has 2 aromatic carbocycles. The molecule has 4 aromatic rings. The number of carbonyl (C=O) groups excluding carboxylic acids is 3. The average molecular weight is 773 g/mol. The molecule has 2 aliphatic rings. The molecule has 55 heavy (non-hydrogen) atoms. The van der Waals surface area contributed by atoms with Crippen LogP contribution in [0.4, 0.5) is 15.9 Å². The van der Waals surface area contributed by atoms with E-state index in [0.717, 1.165) is 27.8 Å². The maximum atomic E-state index is 14.2. The number of para-hydroxylation sites is 1. The number of nitrogens with one attached hydrogen (secondary N) is 2. The standard InChI is InChI=1S/C40H49FN8O5S/c1-22(25-9-11-26(12-10-25)35-23(2)43-21-55-35)44-38(53)32-18-27(50)20-49(32)39(54)36(40(3,4)5)45-33(51)17-24-13-15-48(16-14-24)31-19-30(46-47-37(31)42)28-7-6-8-29(41)34(28)52/h6-12,19,21-22,24,27,32,36,50,52H,13-18,20H2,1-5H3,(H2,42,47)(H,44,53)(H,45,51)/t22-,27+,32-,36+/m0/s1. The smallest absolute Gasteiger partial charge is 0.246 e. The topological polar surface area (TPSA) is 187 Å². The van der Waals surface area contributed by atoms with Crippen LogP contribution in [-0.4, -0.2) is 85.8 Å². The SMILES string of the molecule is Cc1ncsc1-c1ccc([C@H](C)NC(=O)[C@@H]2C[C@@H](O)CN2C(=O)[C@@H](NC(=O)CC2CCN(c3cc(-c4cccc(F)c4O)nnc3N)CC2)C(C)(C)C)cc1. The van der Waals surface area contributed by atoms with Gasteiger partial charge in [-0.25, -0.2) is 9.37 Å². The zero-order valence-corrected chi connectivity index (χ0v) is 32.6. The van der Waals surface area contributed by atoms with E-state index in [2.05, 4.69) is 25.8 Å². The van der Waals surface area contributed by atoms with Crippen LogP contribution in [0.15, 0.2) is 54.0 Å². The van der Waals surface area contributed by atoms with Crippen molar-refractivity contribution in [3.05, 3.63) is 71.1 Å². The summed E-state index contributed by atoms with van der Waals surface area (Å²) in [4.78, 5) is 50.2. The predicted molar refractivity (Wildman–Crippen MR) is 209 cm³/mol. The highest BCUT2D eigenvalue weighted by atomic mass is 32.1. The largest absolute Gasteiger partial charge is 0.504 e. The number of hydrogen-bond donors (Lipinski definition) is 5. The van der Waals surface area contributed by atoms with Gasteiger partial charge >= 0.3 is 0 Å². The summed E-state index contributed by atoms with van der Waals surface area (Å²) in [5.41, 5.74) is 11.3. The van der Waals surface area contributed by atoms with E-state index in [4.69, 9.17) is 5.73 Å². The maximum absolute atomic E-state index is 14.2. The van der Waals surface area contributed by atoms with Gasteiger partial charge < -0.3 is 36.4 Å². The minimum atomic E-state index is -0.929. The van der Waals surface area contributed by atoms with Gasteiger partial charge in [-0.15, -0.1) is 21.5 Å². The second kappa shape index (κ2) is 16.3. The molecule has 2 aromatic heterocycles. The third-order valence-electron chi connectivity index (χ3n) is 10.6. The summed E-state index contributed by atoms with van der Waals surface area (Å²) in [6, 6.07) is 11.6. The summed E-state index contributed by atoms with van der Waals surface area (Å²) in [6.45, 7) is 10.6. The van der Waals surface area contributed by atoms with Crippen LogP contribution in [0.2, 0.25) is 0 Å². The highest BCUT2D eigenvalue weighted by Crippen LogP contribution is 2.35. The van der Waals surface area contributed by atoms with Crippen molar-refractivity contribution < 1.29 is 29.0 Å². The van der Waals surface area contributed by atoms with Crippen LogP contribution in [0, 0.1) is 24.1 Å². The molecular formula is C40H49FN8O5S. The first-order valence-electron chi connectivity index (χ1n) is 18.5. The fraction of sp³-hybridized carbons (Fsp3) is 0.450. The van der Waals surface area contributed by atoms with E-state index >= 15 is 0 Å². The number of anilines is 2. The maximum Gasteiger partial charge on any atom is 0.246 e. The molecule has 2 fully saturated rings. The fourth-order valence-electron chi connectivity index (χ4n) is 7.37. The van der Waals surface area contributed by atoms with Crippen LogP contribution < -0.4 is 21.3 Å². The van der Waals surface area contributed by atoms with Crippen LogP contribution in [0.5, 0.6) is 5.75 Å². The highest BCUT2D eigenvalue weighted by Gasteiger charge is 2.45. The molecule has 2 saturated heterocycles. The molecule has 13 nitrogen and oxygen atoms in total. The van der Waals surface area contributed by atoms with Crippen molar-refractivity contribution in [2.45, 2.75) is 84.5 Å². The van der Waals surface area contributed by atoms with Crippen molar-refractivity contribution in [2.24, 2.45) is 11.3 Å². The van der Waals surface area contributed by atoms with Gasteiger partial charge in [-0.3, -0.25) is 14.4 Å². The summed E-state index contributed by atoms with van der Waals surface area (Å²) in [6.07, 6.45) is 0.747. The average Bonchev–Trinajstić information content (AvgIpc) is 3.77. The number of nitrogens with two attached hydrogens (primary N) is 1. The van der Waals surface area contributed by atoms with Gasteiger partial charge in [-0.1, -0.05) is 51.1 Å². The van der Waals surface area contributed by atoms with Crippen LogP contribution in [-0.2, 0) is 14.4 Å². The number of aromatic nitrogens is 3. The number of aryl methyl sites for hydroxylation is 1. The van der Waals surface area contributed by atoms with E-state index in [-0.39, 0.29) is 60.2 Å². The van der Waals surface area contributed by atoms with E-state index in [0.29, 0.717) is 31.6 Å². The second-order valence-electron chi connectivity index (χ2n) is 15.7. The third-order valence-corrected chi connectivity index (χ3v) is 11.5. The molecule has 0 bridgehead atoms. The van der Waals surface area contributed by atoms with E-state index < -0.39 is 41.1 Å². The third kappa shape index (κ3) is 8.89. The number of rotatable bonds is 10. The van der Waals surface area contributed by atoms with E-state index in [1.807, 2.05) is 69.3 Å². The summed E-state index contributed by atoms with van der Waals surface area (Å²) >= 11 is 1.57. The summed E-state index contributed by atoms with van der Waals surface area (Å²) in [7, 11) is 0. The van der Waals surface area contributed by atoms with Gasteiger partial charge in [0.2, 0.25) is 17.7 Å². The molecule has 0 aliphatic carbocycles. The number of aromatic hydroxyl groups is 1. The number of nitrogens with zero attached hydrogens (tertiary/aromatic N) is 5. The number of aliphatic hydroxyl groups excluding tert-OH is 1. The monoisotopic (exact) mass is 772 g/mol. The Morgan fingerprint density at radius 3 is 2.44 bits per heavy atom. The lowest BCUT2D eigenvalue weighted by Crippen LogP contribution is -2.58. The number of carbonyl (C=O) groups is 3. The molecule has 6 rings (SSSR count). The molecule has 4 atom stereocenters. The molecule has 0 saturated carbocycles. The minimum absolute atomic E-state index is 0.0113.